The van der Waals surface area contributed by atoms with Gasteiger partial charge in [-0.2, -0.15) is 0 Å². The quantitative estimate of drug-likeness (QED) is 0.735. The fourth-order valence-corrected chi connectivity index (χ4v) is 4.74. The van der Waals surface area contributed by atoms with E-state index in [9.17, 15) is 17.6 Å². The van der Waals surface area contributed by atoms with Crippen LogP contribution in [0.5, 0.6) is 0 Å². The summed E-state index contributed by atoms with van der Waals surface area (Å²) < 4.78 is 39.3. The summed E-state index contributed by atoms with van der Waals surface area (Å²) in [5, 5.41) is 2.82. The molecule has 168 valence electrons. The van der Waals surface area contributed by atoms with Crippen LogP contribution >= 0.6 is 0 Å². The molecule has 1 fully saturated rings. The Hall–Kier alpha value is -2.49. The van der Waals surface area contributed by atoms with Crippen LogP contribution in [0.3, 0.4) is 0 Å². The van der Waals surface area contributed by atoms with Gasteiger partial charge < -0.3 is 10.2 Å². The maximum Gasteiger partial charge on any atom is 0.242 e. The number of carbonyl (C=O) groups excluding carboxylic acids is 1. The summed E-state index contributed by atoms with van der Waals surface area (Å²) in [4.78, 5) is 17.0. The highest BCUT2D eigenvalue weighted by molar-refractivity contribution is 7.89. The first-order valence-corrected chi connectivity index (χ1v) is 11.7. The van der Waals surface area contributed by atoms with E-state index >= 15 is 0 Å². The van der Waals surface area contributed by atoms with Gasteiger partial charge in [0.2, 0.25) is 15.9 Å². The maximum atomic E-state index is 13.2. The van der Waals surface area contributed by atoms with E-state index in [4.69, 9.17) is 0 Å². The summed E-state index contributed by atoms with van der Waals surface area (Å²) in [5.74, 6) is -0.443. The molecule has 1 N–H and O–H groups in total. The maximum absolute atomic E-state index is 13.2. The summed E-state index contributed by atoms with van der Waals surface area (Å²) in [6.07, 6.45) is 0.889. The summed E-state index contributed by atoms with van der Waals surface area (Å²) >= 11 is 0. The molecule has 0 unspecified atom stereocenters. The van der Waals surface area contributed by atoms with Gasteiger partial charge in [-0.05, 0) is 55.3 Å². The minimum atomic E-state index is -3.59. The molecule has 1 amide bonds. The highest BCUT2D eigenvalue weighted by Crippen LogP contribution is 2.22. The van der Waals surface area contributed by atoms with Crippen LogP contribution < -0.4 is 10.2 Å². The van der Waals surface area contributed by atoms with Crippen LogP contribution in [0.25, 0.3) is 0 Å². The van der Waals surface area contributed by atoms with E-state index in [-0.39, 0.29) is 23.2 Å². The SMILES string of the molecule is Cc1ccc(NC(=O)CN2CCCN(c3ccc(F)cc3)CC2)cc1S(=O)(=O)N(C)C. The molecule has 1 saturated heterocycles. The molecule has 1 aliphatic heterocycles. The zero-order valence-electron chi connectivity index (χ0n) is 18.1. The first-order chi connectivity index (χ1) is 14.7. The number of hydrogen-bond donors (Lipinski definition) is 1. The molecule has 0 atom stereocenters. The fraction of sp³-hybridized carbons (Fsp3) is 0.409. The van der Waals surface area contributed by atoms with Gasteiger partial charge in [0.15, 0.2) is 0 Å². The monoisotopic (exact) mass is 448 g/mol. The number of halogens is 1. The molecule has 0 aromatic heterocycles. The van der Waals surface area contributed by atoms with Crippen molar-refractivity contribution in [1.29, 1.82) is 0 Å². The van der Waals surface area contributed by atoms with Gasteiger partial charge >= 0.3 is 0 Å². The zero-order valence-corrected chi connectivity index (χ0v) is 19.0. The topological polar surface area (TPSA) is 73.0 Å². The fourth-order valence-electron chi connectivity index (χ4n) is 3.60. The zero-order chi connectivity index (χ0) is 22.6. The molecule has 0 bridgehead atoms. The Morgan fingerprint density at radius 2 is 1.77 bits per heavy atom. The minimum absolute atomic E-state index is 0.181. The predicted molar refractivity (Wildman–Crippen MR) is 120 cm³/mol. The van der Waals surface area contributed by atoms with E-state index in [1.54, 1.807) is 31.2 Å². The minimum Gasteiger partial charge on any atom is -0.370 e. The van der Waals surface area contributed by atoms with Crippen molar-refractivity contribution in [1.82, 2.24) is 9.21 Å². The highest BCUT2D eigenvalue weighted by atomic mass is 32.2. The largest absolute Gasteiger partial charge is 0.370 e. The van der Waals surface area contributed by atoms with E-state index in [1.165, 1.54) is 32.3 Å². The van der Waals surface area contributed by atoms with Crippen LogP contribution in [0.2, 0.25) is 0 Å². The van der Waals surface area contributed by atoms with Gasteiger partial charge in [0.25, 0.3) is 0 Å². The number of aryl methyl sites for hydroxylation is 1. The van der Waals surface area contributed by atoms with Crippen molar-refractivity contribution >= 4 is 27.3 Å². The number of carbonyl (C=O) groups is 1. The van der Waals surface area contributed by atoms with Crippen LogP contribution in [0.4, 0.5) is 15.8 Å². The molecule has 3 rings (SSSR count). The molecule has 31 heavy (non-hydrogen) atoms. The Morgan fingerprint density at radius 1 is 1.06 bits per heavy atom. The van der Waals surface area contributed by atoms with Gasteiger partial charge in [0.05, 0.1) is 11.4 Å². The normalized spacial score (nSPS) is 15.7. The molecule has 0 saturated carbocycles. The molecule has 0 radical (unpaired) electrons. The van der Waals surface area contributed by atoms with Crippen LogP contribution in [-0.2, 0) is 14.8 Å². The second-order valence-corrected chi connectivity index (χ2v) is 10.0. The van der Waals surface area contributed by atoms with E-state index in [0.29, 0.717) is 17.8 Å². The molecule has 0 aliphatic carbocycles. The molecule has 1 heterocycles. The molecular weight excluding hydrogens is 419 g/mol. The van der Waals surface area contributed by atoms with Crippen molar-refractivity contribution in [3.8, 4) is 0 Å². The van der Waals surface area contributed by atoms with Crippen molar-refractivity contribution < 1.29 is 17.6 Å². The third-order valence-electron chi connectivity index (χ3n) is 5.38. The molecule has 2 aromatic carbocycles. The smallest absolute Gasteiger partial charge is 0.242 e. The van der Waals surface area contributed by atoms with E-state index in [1.807, 2.05) is 0 Å². The Bertz CT molecular complexity index is 1030. The molecule has 2 aromatic rings. The van der Waals surface area contributed by atoms with Crippen molar-refractivity contribution in [3.05, 3.63) is 53.8 Å². The van der Waals surface area contributed by atoms with Crippen molar-refractivity contribution in [2.75, 3.05) is 57.0 Å². The Morgan fingerprint density at radius 3 is 2.45 bits per heavy atom. The Balaban J connectivity index is 1.60. The molecule has 1 aliphatic rings. The standard InChI is InChI=1S/C22H29FN4O3S/c1-17-5-8-19(15-21(17)31(29,30)25(2)3)24-22(28)16-26-11-4-12-27(14-13-26)20-9-6-18(23)7-10-20/h5-10,15H,4,11-14,16H2,1-3H3,(H,24,28). The van der Waals surface area contributed by atoms with Crippen molar-refractivity contribution in [2.45, 2.75) is 18.2 Å². The van der Waals surface area contributed by atoms with Crippen LogP contribution in [0.1, 0.15) is 12.0 Å². The molecule has 7 nitrogen and oxygen atoms in total. The summed E-state index contributed by atoms with van der Waals surface area (Å²) in [7, 11) is -0.629. The van der Waals surface area contributed by atoms with E-state index in [0.717, 1.165) is 36.0 Å². The number of sulfonamides is 1. The third-order valence-corrected chi connectivity index (χ3v) is 7.34. The summed E-state index contributed by atoms with van der Waals surface area (Å²) in [6.45, 7) is 5.02. The summed E-state index contributed by atoms with van der Waals surface area (Å²) in [5.41, 5.74) is 2.06. The van der Waals surface area contributed by atoms with Gasteiger partial charge in [-0.25, -0.2) is 17.1 Å². The van der Waals surface area contributed by atoms with Gasteiger partial charge in [0.1, 0.15) is 5.82 Å². The molecule has 0 spiro atoms. The number of benzene rings is 2. The van der Waals surface area contributed by atoms with E-state index < -0.39 is 10.0 Å². The Labute approximate surface area is 183 Å². The first-order valence-electron chi connectivity index (χ1n) is 10.2. The Kier molecular flexibility index (Phi) is 7.30. The summed E-state index contributed by atoms with van der Waals surface area (Å²) in [6, 6.07) is 11.4. The lowest BCUT2D eigenvalue weighted by molar-refractivity contribution is -0.117. The number of anilines is 2. The first kappa shape index (κ1) is 23.2. The van der Waals surface area contributed by atoms with Gasteiger partial charge in [-0.15, -0.1) is 0 Å². The van der Waals surface area contributed by atoms with Crippen LogP contribution in [0.15, 0.2) is 47.4 Å². The second-order valence-electron chi connectivity index (χ2n) is 7.91. The average Bonchev–Trinajstić information content (AvgIpc) is 2.95. The second kappa shape index (κ2) is 9.76. The number of nitrogens with zero attached hydrogens (tertiary/aromatic N) is 3. The van der Waals surface area contributed by atoms with Crippen molar-refractivity contribution in [3.63, 3.8) is 0 Å². The third kappa shape index (κ3) is 5.81. The molecule has 9 heteroatoms. The van der Waals surface area contributed by atoms with Gasteiger partial charge in [-0.1, -0.05) is 6.07 Å². The van der Waals surface area contributed by atoms with E-state index in [2.05, 4.69) is 15.1 Å². The number of nitrogens with one attached hydrogen (secondary N) is 1. The number of amides is 1. The number of rotatable bonds is 6. The van der Waals surface area contributed by atoms with Crippen molar-refractivity contribution in [2.24, 2.45) is 0 Å². The lowest BCUT2D eigenvalue weighted by Gasteiger charge is -2.23. The lowest BCUT2D eigenvalue weighted by atomic mass is 10.2. The van der Waals surface area contributed by atoms with Crippen LogP contribution in [-0.4, -0.2) is 70.3 Å². The lowest BCUT2D eigenvalue weighted by Crippen LogP contribution is -2.36. The highest BCUT2D eigenvalue weighted by Gasteiger charge is 2.21. The molecular formula is C22H29FN4O3S. The predicted octanol–water partition coefficient (Wildman–Crippen LogP) is 2.54. The average molecular weight is 449 g/mol. The number of hydrogen-bond acceptors (Lipinski definition) is 5. The van der Waals surface area contributed by atoms with Gasteiger partial charge in [-0.3, -0.25) is 9.69 Å². The van der Waals surface area contributed by atoms with Crippen LogP contribution in [0, 0.1) is 12.7 Å². The van der Waals surface area contributed by atoms with Gasteiger partial charge in [0, 0.05) is 51.6 Å².